The third kappa shape index (κ3) is 4.27. The van der Waals surface area contributed by atoms with Crippen molar-refractivity contribution in [2.24, 2.45) is 11.5 Å². The van der Waals surface area contributed by atoms with Crippen LogP contribution >= 0.6 is 0 Å². The molecule has 0 aliphatic rings. The van der Waals surface area contributed by atoms with Crippen LogP contribution in [0.2, 0.25) is 0 Å². The molecule has 23 heavy (non-hydrogen) atoms. The van der Waals surface area contributed by atoms with Crippen molar-refractivity contribution >= 4 is 17.7 Å². The first-order chi connectivity index (χ1) is 11.0. The highest BCUT2D eigenvalue weighted by Crippen LogP contribution is 2.18. The van der Waals surface area contributed by atoms with Gasteiger partial charge in [0, 0.05) is 12.3 Å². The molecule has 8 nitrogen and oxygen atoms in total. The van der Waals surface area contributed by atoms with Gasteiger partial charge in [0.1, 0.15) is 5.75 Å². The first-order valence-corrected chi connectivity index (χ1v) is 6.56. The Morgan fingerprint density at radius 1 is 1.00 bits per heavy atom. The van der Waals surface area contributed by atoms with E-state index in [1.54, 1.807) is 12.1 Å². The van der Waals surface area contributed by atoms with E-state index < -0.39 is 23.8 Å². The quantitative estimate of drug-likeness (QED) is 0.641. The van der Waals surface area contributed by atoms with Gasteiger partial charge in [-0.15, -0.1) is 0 Å². The van der Waals surface area contributed by atoms with Crippen LogP contribution in [0.3, 0.4) is 0 Å². The molecule has 0 bridgehead atoms. The van der Waals surface area contributed by atoms with E-state index in [-0.39, 0.29) is 11.4 Å². The zero-order valence-electron chi connectivity index (χ0n) is 11.9. The maximum atomic E-state index is 11.9. The second-order valence-corrected chi connectivity index (χ2v) is 4.51. The van der Waals surface area contributed by atoms with E-state index in [1.807, 2.05) is 18.2 Å². The van der Waals surface area contributed by atoms with Crippen molar-refractivity contribution in [3.63, 3.8) is 0 Å². The smallest absolute Gasteiger partial charge is 0.253 e. The highest BCUT2D eigenvalue weighted by Gasteiger charge is 2.24. The maximum Gasteiger partial charge on any atom is 0.253 e. The molecule has 2 rings (SSSR count). The fourth-order valence-corrected chi connectivity index (χ4v) is 1.68. The minimum absolute atomic E-state index is 0.123. The molecule has 0 spiro atoms. The number of nitrogens with one attached hydrogen (secondary N) is 1. The van der Waals surface area contributed by atoms with Crippen LogP contribution in [-0.4, -0.2) is 28.7 Å². The third-order valence-electron chi connectivity index (χ3n) is 2.81. The van der Waals surface area contributed by atoms with Crippen molar-refractivity contribution in [3.05, 3.63) is 54.2 Å². The van der Waals surface area contributed by atoms with Crippen molar-refractivity contribution in [2.45, 2.75) is 6.04 Å². The van der Waals surface area contributed by atoms with Gasteiger partial charge in [0.15, 0.2) is 6.04 Å². The fraction of sp³-hybridized carbons (Fsp3) is 0.0667. The molecule has 0 saturated carbocycles. The molecule has 0 unspecified atom stereocenters. The summed E-state index contributed by atoms with van der Waals surface area (Å²) in [6, 6.07) is 10.3. The minimum atomic E-state index is -1.58. The Morgan fingerprint density at radius 3 is 2.17 bits per heavy atom. The number of benzene rings is 1. The lowest BCUT2D eigenvalue weighted by Crippen LogP contribution is -2.52. The largest absolute Gasteiger partial charge is 0.439 e. The molecule has 5 N–H and O–H groups in total. The molecule has 0 atom stereocenters. The molecule has 1 aromatic heterocycles. The summed E-state index contributed by atoms with van der Waals surface area (Å²) in [4.78, 5) is 38.0. The number of para-hydroxylation sites is 1. The zero-order valence-corrected chi connectivity index (χ0v) is 11.9. The summed E-state index contributed by atoms with van der Waals surface area (Å²) in [5.41, 5.74) is 10.1. The summed E-state index contributed by atoms with van der Waals surface area (Å²) >= 11 is 0. The van der Waals surface area contributed by atoms with E-state index >= 15 is 0 Å². The van der Waals surface area contributed by atoms with Gasteiger partial charge >= 0.3 is 0 Å². The average molecular weight is 314 g/mol. The van der Waals surface area contributed by atoms with Crippen LogP contribution in [0.4, 0.5) is 0 Å². The normalized spacial score (nSPS) is 10.1. The van der Waals surface area contributed by atoms with Crippen LogP contribution in [0.25, 0.3) is 0 Å². The second kappa shape index (κ2) is 7.03. The number of ether oxygens (including phenoxy) is 1. The maximum absolute atomic E-state index is 11.9. The number of hydrogen-bond donors (Lipinski definition) is 3. The van der Waals surface area contributed by atoms with Gasteiger partial charge < -0.3 is 21.5 Å². The molecule has 0 aliphatic heterocycles. The van der Waals surface area contributed by atoms with E-state index in [4.69, 9.17) is 16.2 Å². The molecular weight excluding hydrogens is 300 g/mol. The zero-order chi connectivity index (χ0) is 16.8. The van der Waals surface area contributed by atoms with Gasteiger partial charge in [-0.2, -0.15) is 0 Å². The predicted molar refractivity (Wildman–Crippen MR) is 80.4 cm³/mol. The Bertz CT molecular complexity index is 702. The number of aromatic nitrogens is 1. The number of pyridine rings is 1. The number of primary amides is 2. The lowest BCUT2D eigenvalue weighted by molar-refractivity contribution is -0.128. The SMILES string of the molecule is NC(=O)C(NC(=O)c1ccc(Oc2ccccc2)nc1)C(N)=O. The fourth-order valence-electron chi connectivity index (χ4n) is 1.68. The summed E-state index contributed by atoms with van der Waals surface area (Å²) < 4.78 is 5.48. The number of carbonyl (C=O) groups is 3. The first-order valence-electron chi connectivity index (χ1n) is 6.56. The first kappa shape index (κ1) is 16.0. The average Bonchev–Trinajstić information content (AvgIpc) is 2.53. The molecule has 0 saturated heterocycles. The number of nitrogens with two attached hydrogens (primary N) is 2. The summed E-state index contributed by atoms with van der Waals surface area (Å²) in [7, 11) is 0. The molecule has 0 fully saturated rings. The van der Waals surface area contributed by atoms with Crippen LogP contribution in [0.5, 0.6) is 11.6 Å². The molecule has 2 aromatic rings. The second-order valence-electron chi connectivity index (χ2n) is 4.51. The van der Waals surface area contributed by atoms with E-state index in [9.17, 15) is 14.4 Å². The summed E-state index contributed by atoms with van der Waals surface area (Å²) in [5, 5.41) is 2.13. The molecular formula is C15H14N4O4. The molecule has 3 amide bonds. The van der Waals surface area contributed by atoms with Crippen molar-refractivity contribution in [2.75, 3.05) is 0 Å². The predicted octanol–water partition coefficient (Wildman–Crippen LogP) is -0.0571. The molecule has 0 aliphatic carbocycles. The summed E-state index contributed by atoms with van der Waals surface area (Å²) in [6.07, 6.45) is 1.24. The summed E-state index contributed by atoms with van der Waals surface area (Å²) in [6.45, 7) is 0. The summed E-state index contributed by atoms with van der Waals surface area (Å²) in [5.74, 6) is -1.90. The molecule has 1 heterocycles. The van der Waals surface area contributed by atoms with Crippen LogP contribution in [0.15, 0.2) is 48.7 Å². The number of nitrogens with zero attached hydrogens (tertiary/aromatic N) is 1. The van der Waals surface area contributed by atoms with Crippen molar-refractivity contribution < 1.29 is 19.1 Å². The Labute approximate surface area is 131 Å². The van der Waals surface area contributed by atoms with Crippen LogP contribution in [-0.2, 0) is 9.59 Å². The topological polar surface area (TPSA) is 137 Å². The number of amides is 3. The van der Waals surface area contributed by atoms with Crippen molar-refractivity contribution in [1.82, 2.24) is 10.3 Å². The number of carbonyl (C=O) groups excluding carboxylic acids is 3. The van der Waals surface area contributed by atoms with Gasteiger partial charge in [-0.25, -0.2) is 4.98 Å². The van der Waals surface area contributed by atoms with E-state index in [1.165, 1.54) is 18.3 Å². The van der Waals surface area contributed by atoms with Gasteiger partial charge in [-0.1, -0.05) is 18.2 Å². The van der Waals surface area contributed by atoms with Crippen LogP contribution < -0.4 is 21.5 Å². The Morgan fingerprint density at radius 2 is 1.65 bits per heavy atom. The molecule has 8 heteroatoms. The molecule has 1 aromatic carbocycles. The van der Waals surface area contributed by atoms with Gasteiger partial charge in [0.2, 0.25) is 17.7 Å². The Balaban J connectivity index is 2.05. The lowest BCUT2D eigenvalue weighted by atomic mass is 10.2. The minimum Gasteiger partial charge on any atom is -0.439 e. The van der Waals surface area contributed by atoms with Crippen LogP contribution in [0, 0.1) is 0 Å². The van der Waals surface area contributed by atoms with Gasteiger partial charge in [0.05, 0.1) is 5.56 Å². The van der Waals surface area contributed by atoms with Crippen LogP contribution in [0.1, 0.15) is 10.4 Å². The number of rotatable bonds is 6. The monoisotopic (exact) mass is 314 g/mol. The Kier molecular flexibility index (Phi) is 4.88. The Hall–Kier alpha value is -3.42. The lowest BCUT2D eigenvalue weighted by Gasteiger charge is -2.11. The highest BCUT2D eigenvalue weighted by atomic mass is 16.5. The van der Waals surface area contributed by atoms with Gasteiger partial charge in [-0.05, 0) is 18.2 Å². The molecule has 118 valence electrons. The standard InChI is InChI=1S/C15H14N4O4/c16-13(20)12(14(17)21)19-15(22)9-6-7-11(18-8-9)23-10-4-2-1-3-5-10/h1-8,12H,(H2,16,20)(H2,17,21)(H,19,22). The molecule has 0 radical (unpaired) electrons. The van der Waals surface area contributed by atoms with Crippen molar-refractivity contribution in [1.29, 1.82) is 0 Å². The van der Waals surface area contributed by atoms with E-state index in [2.05, 4.69) is 10.3 Å². The third-order valence-corrected chi connectivity index (χ3v) is 2.81. The highest BCUT2D eigenvalue weighted by molar-refractivity contribution is 6.08. The van der Waals surface area contributed by atoms with Gasteiger partial charge in [0.25, 0.3) is 5.91 Å². The van der Waals surface area contributed by atoms with Crippen molar-refractivity contribution in [3.8, 4) is 11.6 Å². The number of hydrogen-bond acceptors (Lipinski definition) is 5. The van der Waals surface area contributed by atoms with Gasteiger partial charge in [-0.3, -0.25) is 14.4 Å². The van der Waals surface area contributed by atoms with E-state index in [0.717, 1.165) is 0 Å². The van der Waals surface area contributed by atoms with E-state index in [0.29, 0.717) is 5.75 Å².